The number of rotatable bonds is 6. The van der Waals surface area contributed by atoms with E-state index in [1.54, 1.807) is 11.8 Å². The molecule has 0 aliphatic carbocycles. The Morgan fingerprint density at radius 3 is 2.50 bits per heavy atom. The highest BCUT2D eigenvalue weighted by Gasteiger charge is 2.05. The Bertz CT molecular complexity index is 142. The summed E-state index contributed by atoms with van der Waals surface area (Å²) in [6.45, 7) is 1.11. The summed E-state index contributed by atoms with van der Waals surface area (Å²) in [4.78, 5) is 10.3. The van der Waals surface area contributed by atoms with E-state index in [0.717, 1.165) is 22.5 Å². The lowest BCUT2D eigenvalue weighted by Crippen LogP contribution is -2.36. The van der Waals surface area contributed by atoms with Gasteiger partial charge in [0.05, 0.1) is 34.1 Å². The van der Waals surface area contributed by atoms with Crippen LogP contribution in [-0.2, 0) is 4.79 Å². The molecule has 3 nitrogen and oxygen atoms in total. The minimum atomic E-state index is -0.326. The lowest BCUT2D eigenvalue weighted by Gasteiger charge is -2.23. The third kappa shape index (κ3) is 9.78. The molecule has 0 aliphatic heterocycles. The number of hydrogen-bond donors (Lipinski definition) is 1. The Morgan fingerprint density at radius 2 is 2.08 bits per heavy atom. The van der Waals surface area contributed by atoms with E-state index in [1.807, 2.05) is 0 Å². The summed E-state index contributed by atoms with van der Waals surface area (Å²) in [6.07, 6.45) is 1.51. The topological polar surface area (TPSA) is 43.1 Å². The van der Waals surface area contributed by atoms with Gasteiger partial charge in [0.2, 0.25) is 5.91 Å². The van der Waals surface area contributed by atoms with Crippen molar-refractivity contribution < 1.29 is 9.28 Å². The Labute approximate surface area is 78.9 Å². The van der Waals surface area contributed by atoms with Crippen molar-refractivity contribution in [2.75, 3.05) is 39.2 Å². The van der Waals surface area contributed by atoms with Crippen molar-refractivity contribution in [2.45, 2.75) is 0 Å². The van der Waals surface area contributed by atoms with Crippen molar-refractivity contribution in [3.05, 3.63) is 6.42 Å². The lowest BCUT2D eigenvalue weighted by molar-refractivity contribution is -0.867. The molecule has 0 aromatic carbocycles. The number of carbonyl (C=O) groups is 1. The van der Waals surface area contributed by atoms with Crippen molar-refractivity contribution in [1.82, 2.24) is 0 Å². The third-order valence-electron chi connectivity index (χ3n) is 1.31. The number of carbonyl (C=O) groups excluding carboxylic acids is 1. The maximum absolute atomic E-state index is 10.3. The Morgan fingerprint density at radius 1 is 1.50 bits per heavy atom. The van der Waals surface area contributed by atoms with Crippen LogP contribution in [0, 0.1) is 6.42 Å². The average molecular weight is 190 g/mol. The van der Waals surface area contributed by atoms with Gasteiger partial charge < -0.3 is 10.2 Å². The number of amides is 1. The van der Waals surface area contributed by atoms with Crippen LogP contribution in [-0.4, -0.2) is 49.6 Å². The molecule has 1 amide bonds. The number of nitrogens with zero attached hydrogens (tertiary/aromatic N) is 1. The predicted molar refractivity (Wildman–Crippen MR) is 53.7 cm³/mol. The summed E-state index contributed by atoms with van der Waals surface area (Å²) in [5.41, 5.74) is 4.95. The van der Waals surface area contributed by atoms with Crippen LogP contribution in [0.4, 0.5) is 0 Å². The fraction of sp³-hybridized carbons (Fsp3) is 0.750. The van der Waals surface area contributed by atoms with Crippen LogP contribution in [0.1, 0.15) is 0 Å². The van der Waals surface area contributed by atoms with Gasteiger partial charge in [0.25, 0.3) is 0 Å². The summed E-state index contributed by atoms with van der Waals surface area (Å²) >= 11 is 1.74. The molecule has 71 valence electrons. The second-order valence-electron chi connectivity index (χ2n) is 3.70. The minimum Gasteiger partial charge on any atom is -0.369 e. The molecule has 1 radical (unpaired) electrons. The first kappa shape index (κ1) is 11.8. The Balaban J connectivity index is 3.17. The van der Waals surface area contributed by atoms with E-state index < -0.39 is 0 Å². The van der Waals surface area contributed by atoms with E-state index in [9.17, 15) is 4.79 Å². The number of thioether (sulfide) groups is 1. The summed E-state index contributed by atoms with van der Waals surface area (Å²) in [5.74, 6) is 1.47. The highest BCUT2D eigenvalue weighted by Crippen LogP contribution is 2.03. The number of quaternary nitrogens is 1. The summed E-state index contributed by atoms with van der Waals surface area (Å²) in [6, 6.07) is 0. The average Bonchev–Trinajstić information content (AvgIpc) is 1.83. The van der Waals surface area contributed by atoms with Crippen molar-refractivity contribution in [2.24, 2.45) is 5.73 Å². The number of hydrogen-bond acceptors (Lipinski definition) is 2. The van der Waals surface area contributed by atoms with Crippen LogP contribution in [0.3, 0.4) is 0 Å². The van der Waals surface area contributed by atoms with Crippen LogP contribution < -0.4 is 5.73 Å². The van der Waals surface area contributed by atoms with E-state index in [0.29, 0.717) is 0 Å². The molecule has 0 rings (SSSR count). The van der Waals surface area contributed by atoms with E-state index in [4.69, 9.17) is 5.73 Å². The zero-order valence-electron chi connectivity index (χ0n) is 8.04. The molecule has 0 heterocycles. The van der Waals surface area contributed by atoms with Gasteiger partial charge in [-0.3, -0.25) is 4.79 Å². The van der Waals surface area contributed by atoms with Gasteiger partial charge >= 0.3 is 0 Å². The molecule has 0 unspecified atom stereocenters. The number of nitrogens with two attached hydrogens (primary N) is 1. The first-order valence-corrected chi connectivity index (χ1v) is 5.08. The molecule has 2 N–H and O–H groups in total. The van der Waals surface area contributed by atoms with Gasteiger partial charge in [-0.15, -0.1) is 0 Å². The Hall–Kier alpha value is -0.220. The van der Waals surface area contributed by atoms with Crippen LogP contribution in [0.5, 0.6) is 0 Å². The second kappa shape index (κ2) is 5.43. The molecule has 0 fully saturated rings. The maximum Gasteiger partial charge on any atom is 0.222 e. The minimum absolute atomic E-state index is 0.326. The second-order valence-corrected chi connectivity index (χ2v) is 4.85. The van der Waals surface area contributed by atoms with Crippen molar-refractivity contribution >= 4 is 17.7 Å². The maximum atomic E-state index is 10.3. The summed E-state index contributed by atoms with van der Waals surface area (Å²) in [7, 11) is 6.45. The van der Waals surface area contributed by atoms with E-state index in [2.05, 4.69) is 21.1 Å². The third-order valence-corrected chi connectivity index (χ3v) is 2.18. The van der Waals surface area contributed by atoms with E-state index in [1.165, 1.54) is 6.42 Å². The van der Waals surface area contributed by atoms with Gasteiger partial charge in [-0.1, -0.05) is 0 Å². The van der Waals surface area contributed by atoms with Gasteiger partial charge in [0.1, 0.15) is 0 Å². The Kier molecular flexibility index (Phi) is 5.33. The zero-order chi connectivity index (χ0) is 9.61. The fourth-order valence-corrected chi connectivity index (χ4v) is 1.69. The standard InChI is InChI=1S/C8H17N2OS/c1-10(2,3)5-7-12-6-4-8(9)11/h4H,5-7H2,1-3H3,(H-,9,11)/p+1. The first-order chi connectivity index (χ1) is 5.42. The first-order valence-electron chi connectivity index (χ1n) is 3.92. The van der Waals surface area contributed by atoms with E-state index in [-0.39, 0.29) is 5.91 Å². The van der Waals surface area contributed by atoms with Crippen LogP contribution in [0.15, 0.2) is 0 Å². The van der Waals surface area contributed by atoms with Crippen LogP contribution in [0.25, 0.3) is 0 Å². The van der Waals surface area contributed by atoms with Crippen molar-refractivity contribution in [3.8, 4) is 0 Å². The monoisotopic (exact) mass is 190 g/mol. The van der Waals surface area contributed by atoms with E-state index >= 15 is 0 Å². The number of primary amides is 1. The zero-order valence-corrected chi connectivity index (χ0v) is 8.86. The smallest absolute Gasteiger partial charge is 0.222 e. The molecule has 0 saturated heterocycles. The molecule has 4 heteroatoms. The quantitative estimate of drug-likeness (QED) is 0.477. The highest BCUT2D eigenvalue weighted by atomic mass is 32.2. The summed E-state index contributed by atoms with van der Waals surface area (Å²) in [5, 5.41) is 0. The molecular weight excluding hydrogens is 172 g/mol. The van der Waals surface area contributed by atoms with Crippen LogP contribution in [0.2, 0.25) is 0 Å². The van der Waals surface area contributed by atoms with Gasteiger partial charge in [-0.05, 0) is 0 Å². The molecular formula is C8H18N2OS+. The summed E-state index contributed by atoms with van der Waals surface area (Å²) < 4.78 is 0.962. The fourth-order valence-electron chi connectivity index (χ4n) is 0.563. The van der Waals surface area contributed by atoms with Crippen LogP contribution >= 0.6 is 11.8 Å². The molecule has 0 aromatic heterocycles. The lowest BCUT2D eigenvalue weighted by atomic mass is 10.5. The van der Waals surface area contributed by atoms with Gasteiger partial charge in [-0.2, -0.15) is 11.8 Å². The van der Waals surface area contributed by atoms with Crippen molar-refractivity contribution in [3.63, 3.8) is 0 Å². The molecule has 12 heavy (non-hydrogen) atoms. The predicted octanol–water partition coefficient (Wildman–Crippen LogP) is 0.115. The SMILES string of the molecule is C[N+](C)(C)CCSC[CH]C(N)=O. The largest absolute Gasteiger partial charge is 0.369 e. The molecule has 0 aromatic rings. The van der Waals surface area contributed by atoms with Gasteiger partial charge in [0.15, 0.2) is 0 Å². The molecule has 0 aliphatic rings. The molecule has 0 bridgehead atoms. The molecule has 0 atom stereocenters. The molecule has 0 spiro atoms. The van der Waals surface area contributed by atoms with Crippen molar-refractivity contribution in [1.29, 1.82) is 0 Å². The highest BCUT2D eigenvalue weighted by molar-refractivity contribution is 7.99. The normalized spacial score (nSPS) is 11.6. The van der Waals surface area contributed by atoms with Gasteiger partial charge in [-0.25, -0.2) is 0 Å². The van der Waals surface area contributed by atoms with Gasteiger partial charge in [0, 0.05) is 11.5 Å². The molecule has 0 saturated carbocycles.